The first-order chi connectivity index (χ1) is 9.75. The average Bonchev–Trinajstić information content (AvgIpc) is 3.03. The molecule has 0 bridgehead atoms. The summed E-state index contributed by atoms with van der Waals surface area (Å²) in [5.74, 6) is 0.625. The van der Waals surface area contributed by atoms with Crippen LogP contribution in [0.4, 0.5) is 11.6 Å². The highest BCUT2D eigenvalue weighted by molar-refractivity contribution is 5.83. The molecule has 0 atom stereocenters. The molecule has 0 aliphatic heterocycles. The number of hydrogen-bond donors (Lipinski definition) is 2. The number of aromatic nitrogens is 8. The summed E-state index contributed by atoms with van der Waals surface area (Å²) in [6, 6.07) is 0. The van der Waals surface area contributed by atoms with Gasteiger partial charge in [0.25, 0.3) is 0 Å². The molecule has 4 rings (SSSR count). The minimum atomic E-state index is 0.312. The fourth-order valence-corrected chi connectivity index (χ4v) is 2.00. The van der Waals surface area contributed by atoms with E-state index >= 15 is 0 Å². The molecule has 10 heteroatoms. The van der Waals surface area contributed by atoms with E-state index in [2.05, 4.69) is 29.9 Å². The molecule has 10 nitrogen and oxygen atoms in total. The molecule has 4 aromatic heterocycles. The molecule has 20 heavy (non-hydrogen) atoms. The van der Waals surface area contributed by atoms with Crippen LogP contribution in [0.2, 0.25) is 0 Å². The Hall–Kier alpha value is -3.30. The molecule has 0 radical (unpaired) electrons. The first-order valence-electron chi connectivity index (χ1n) is 5.63. The minimum absolute atomic E-state index is 0.312. The molecule has 4 heterocycles. The molecule has 0 saturated heterocycles. The molecule has 0 spiro atoms. The Balaban J connectivity index is 2.07. The highest BCUT2D eigenvalue weighted by Crippen LogP contribution is 2.18. The Labute approximate surface area is 111 Å². The second-order valence-electron chi connectivity index (χ2n) is 4.04. The van der Waals surface area contributed by atoms with Crippen LogP contribution in [0.1, 0.15) is 0 Å². The lowest BCUT2D eigenvalue weighted by molar-refractivity contribution is 0.687. The third-order valence-electron chi connectivity index (χ3n) is 2.92. The van der Waals surface area contributed by atoms with Gasteiger partial charge < -0.3 is 11.5 Å². The number of rotatable bonds is 1. The van der Waals surface area contributed by atoms with Gasteiger partial charge in [-0.25, -0.2) is 39.3 Å². The topological polar surface area (TPSA) is 139 Å². The van der Waals surface area contributed by atoms with Crippen molar-refractivity contribution in [3.8, 4) is 0 Å². The SMILES string of the molecule is Nc1ncnc2c1ncn2-n1cnc2c(N)ncnc21. The zero-order valence-electron chi connectivity index (χ0n) is 10.0. The van der Waals surface area contributed by atoms with E-state index in [0.717, 1.165) is 0 Å². The van der Waals surface area contributed by atoms with Gasteiger partial charge >= 0.3 is 0 Å². The first kappa shape index (κ1) is 10.6. The number of nitrogens with zero attached hydrogens (tertiary/aromatic N) is 8. The van der Waals surface area contributed by atoms with E-state index in [1.807, 2.05) is 0 Å². The fourth-order valence-electron chi connectivity index (χ4n) is 2.00. The highest BCUT2D eigenvalue weighted by atomic mass is 15.5. The molecule has 0 aliphatic rings. The van der Waals surface area contributed by atoms with E-state index in [-0.39, 0.29) is 0 Å². The van der Waals surface area contributed by atoms with Crippen molar-refractivity contribution in [2.75, 3.05) is 11.5 Å². The third-order valence-corrected chi connectivity index (χ3v) is 2.92. The molecule has 4 N–H and O–H groups in total. The van der Waals surface area contributed by atoms with Crippen LogP contribution in [0.3, 0.4) is 0 Å². The Kier molecular flexibility index (Phi) is 1.91. The van der Waals surface area contributed by atoms with E-state index in [4.69, 9.17) is 11.5 Å². The van der Waals surface area contributed by atoms with E-state index in [1.165, 1.54) is 12.7 Å². The predicted octanol–water partition coefficient (Wildman–Crippen LogP) is -0.558. The standard InChI is InChI=1S/C10H8N10/c11-7-5-9(15-1-13-7)19(3-17-5)20-4-18-6-8(12)14-2-16-10(6)20/h1-4H,(H2,11,13,15)(H2,12,14,16). The molecule has 0 aliphatic carbocycles. The lowest BCUT2D eigenvalue weighted by Crippen LogP contribution is -2.08. The first-order valence-corrected chi connectivity index (χ1v) is 5.63. The molecular weight excluding hydrogens is 260 g/mol. The number of nitrogens with two attached hydrogens (primary N) is 2. The zero-order valence-corrected chi connectivity index (χ0v) is 10.0. The van der Waals surface area contributed by atoms with Crippen LogP contribution in [0.25, 0.3) is 22.3 Å². The molecule has 0 fully saturated rings. The van der Waals surface area contributed by atoms with Gasteiger partial charge in [0.05, 0.1) is 0 Å². The number of anilines is 2. The van der Waals surface area contributed by atoms with Crippen molar-refractivity contribution in [2.45, 2.75) is 0 Å². The van der Waals surface area contributed by atoms with Crippen LogP contribution in [-0.4, -0.2) is 39.3 Å². The van der Waals surface area contributed by atoms with Gasteiger partial charge in [-0.3, -0.25) is 0 Å². The van der Waals surface area contributed by atoms with Crippen LogP contribution in [-0.2, 0) is 0 Å². The van der Waals surface area contributed by atoms with Crippen molar-refractivity contribution in [1.29, 1.82) is 0 Å². The number of fused-ring (bicyclic) bond motifs is 2. The molecular formula is C10H8N10. The van der Waals surface area contributed by atoms with Crippen molar-refractivity contribution in [2.24, 2.45) is 0 Å². The molecule has 0 unspecified atom stereocenters. The Bertz CT molecular complexity index is 858. The summed E-state index contributed by atoms with van der Waals surface area (Å²) in [5, 5.41) is 0. The molecule has 4 aromatic rings. The summed E-state index contributed by atoms with van der Waals surface area (Å²) in [6.45, 7) is 0. The summed E-state index contributed by atoms with van der Waals surface area (Å²) < 4.78 is 3.32. The Morgan fingerprint density at radius 1 is 0.650 bits per heavy atom. The summed E-state index contributed by atoms with van der Waals surface area (Å²) in [7, 11) is 0. The third kappa shape index (κ3) is 1.27. The van der Waals surface area contributed by atoms with E-state index < -0.39 is 0 Å². The van der Waals surface area contributed by atoms with Crippen LogP contribution in [0, 0.1) is 0 Å². The molecule has 0 amide bonds. The summed E-state index contributed by atoms with van der Waals surface area (Å²) >= 11 is 0. The van der Waals surface area contributed by atoms with Crippen molar-refractivity contribution < 1.29 is 0 Å². The monoisotopic (exact) mass is 268 g/mol. The lowest BCUT2D eigenvalue weighted by Gasteiger charge is -2.04. The van der Waals surface area contributed by atoms with Crippen LogP contribution >= 0.6 is 0 Å². The zero-order chi connectivity index (χ0) is 13.7. The number of hydrogen-bond acceptors (Lipinski definition) is 8. The van der Waals surface area contributed by atoms with E-state index in [9.17, 15) is 0 Å². The number of nitrogen functional groups attached to an aromatic ring is 2. The Morgan fingerprint density at radius 2 is 1.10 bits per heavy atom. The van der Waals surface area contributed by atoms with Crippen LogP contribution in [0.15, 0.2) is 25.3 Å². The number of imidazole rings is 2. The smallest absolute Gasteiger partial charge is 0.185 e. The molecule has 98 valence electrons. The van der Waals surface area contributed by atoms with E-state index in [1.54, 1.807) is 22.0 Å². The summed E-state index contributed by atoms with van der Waals surface area (Å²) in [5.41, 5.74) is 13.6. The van der Waals surface area contributed by atoms with Gasteiger partial charge in [0, 0.05) is 0 Å². The molecule has 0 aromatic carbocycles. The maximum Gasteiger partial charge on any atom is 0.185 e. The van der Waals surface area contributed by atoms with Crippen molar-refractivity contribution in [1.82, 2.24) is 39.3 Å². The van der Waals surface area contributed by atoms with Gasteiger partial charge in [-0.05, 0) is 0 Å². The summed E-state index contributed by atoms with van der Waals surface area (Å²) in [6.07, 6.45) is 5.88. The van der Waals surface area contributed by atoms with Crippen LogP contribution < -0.4 is 11.5 Å². The van der Waals surface area contributed by atoms with Gasteiger partial charge in [-0.15, -0.1) is 0 Å². The van der Waals surface area contributed by atoms with Crippen molar-refractivity contribution in [3.63, 3.8) is 0 Å². The maximum absolute atomic E-state index is 5.76. The van der Waals surface area contributed by atoms with Crippen molar-refractivity contribution >= 4 is 34.0 Å². The fraction of sp³-hybridized carbons (Fsp3) is 0. The van der Waals surface area contributed by atoms with Gasteiger partial charge in [0.15, 0.2) is 34.0 Å². The lowest BCUT2D eigenvalue weighted by atomic mass is 10.5. The second kappa shape index (κ2) is 3.60. The Morgan fingerprint density at radius 3 is 1.55 bits per heavy atom. The van der Waals surface area contributed by atoms with Crippen LogP contribution in [0.5, 0.6) is 0 Å². The van der Waals surface area contributed by atoms with Gasteiger partial charge in [0.2, 0.25) is 0 Å². The average molecular weight is 268 g/mol. The van der Waals surface area contributed by atoms with Gasteiger partial charge in [-0.2, -0.15) is 0 Å². The molecule has 0 saturated carbocycles. The normalized spacial score (nSPS) is 11.4. The quantitative estimate of drug-likeness (QED) is 0.468. The predicted molar refractivity (Wildman–Crippen MR) is 70.3 cm³/mol. The summed E-state index contributed by atoms with van der Waals surface area (Å²) in [4.78, 5) is 24.5. The van der Waals surface area contributed by atoms with Crippen molar-refractivity contribution in [3.05, 3.63) is 25.3 Å². The maximum atomic E-state index is 5.76. The highest BCUT2D eigenvalue weighted by Gasteiger charge is 2.13. The minimum Gasteiger partial charge on any atom is -0.382 e. The second-order valence-corrected chi connectivity index (χ2v) is 4.04. The van der Waals surface area contributed by atoms with Gasteiger partial charge in [-0.1, -0.05) is 0 Å². The van der Waals surface area contributed by atoms with Gasteiger partial charge in [0.1, 0.15) is 25.3 Å². The largest absolute Gasteiger partial charge is 0.382 e. The van der Waals surface area contributed by atoms with E-state index in [0.29, 0.717) is 34.0 Å².